The highest BCUT2D eigenvalue weighted by atomic mass is 16.5. The fraction of sp³-hybridized carbons (Fsp3) is 0.438. The Kier molecular flexibility index (Phi) is 4.79. The average Bonchev–Trinajstić information content (AvgIpc) is 2.67. The highest BCUT2D eigenvalue weighted by molar-refractivity contribution is 5.38. The molecule has 0 bridgehead atoms. The van der Waals surface area contributed by atoms with Gasteiger partial charge in [-0.1, -0.05) is 19.1 Å². The smallest absolute Gasteiger partial charge is 0.171 e. The number of hydrogen-bond donors (Lipinski definition) is 1. The maximum atomic E-state index is 5.94. The third-order valence-electron chi connectivity index (χ3n) is 3.34. The van der Waals surface area contributed by atoms with E-state index in [1.807, 2.05) is 37.7 Å². The van der Waals surface area contributed by atoms with Crippen molar-refractivity contribution >= 4 is 0 Å². The van der Waals surface area contributed by atoms with Crippen molar-refractivity contribution in [2.75, 3.05) is 6.54 Å². The number of aromatic nitrogens is 2. The molecule has 1 N–H and O–H groups in total. The van der Waals surface area contributed by atoms with E-state index in [4.69, 9.17) is 4.74 Å². The van der Waals surface area contributed by atoms with Gasteiger partial charge in [0, 0.05) is 13.6 Å². The van der Waals surface area contributed by atoms with Crippen molar-refractivity contribution in [3.63, 3.8) is 0 Å². The number of rotatable bonds is 6. The lowest BCUT2D eigenvalue weighted by atomic mass is 10.2. The molecule has 0 fully saturated rings. The van der Waals surface area contributed by atoms with Crippen LogP contribution in [0.5, 0.6) is 11.5 Å². The predicted molar refractivity (Wildman–Crippen MR) is 81.2 cm³/mol. The second kappa shape index (κ2) is 6.57. The van der Waals surface area contributed by atoms with Crippen LogP contribution in [0.25, 0.3) is 0 Å². The zero-order chi connectivity index (χ0) is 14.5. The van der Waals surface area contributed by atoms with Crippen LogP contribution in [0.3, 0.4) is 0 Å². The van der Waals surface area contributed by atoms with Crippen LogP contribution in [0.2, 0.25) is 0 Å². The van der Waals surface area contributed by atoms with Crippen LogP contribution in [0.1, 0.15) is 30.3 Å². The minimum absolute atomic E-state index is 0.850. The number of hydrogen-bond acceptors (Lipinski definition) is 3. The predicted octanol–water partition coefficient (Wildman–Crippen LogP) is 3.33. The molecule has 4 nitrogen and oxygen atoms in total. The fourth-order valence-corrected chi connectivity index (χ4v) is 2.10. The Morgan fingerprint density at radius 3 is 2.45 bits per heavy atom. The number of benzene rings is 1. The van der Waals surface area contributed by atoms with Crippen LogP contribution < -0.4 is 10.1 Å². The van der Waals surface area contributed by atoms with Gasteiger partial charge in [0.05, 0.1) is 5.69 Å². The summed E-state index contributed by atoms with van der Waals surface area (Å²) in [5, 5.41) is 7.74. The molecule has 108 valence electrons. The molecule has 0 saturated carbocycles. The summed E-state index contributed by atoms with van der Waals surface area (Å²) >= 11 is 0. The zero-order valence-electron chi connectivity index (χ0n) is 12.7. The van der Waals surface area contributed by atoms with Crippen molar-refractivity contribution in [3.05, 3.63) is 41.2 Å². The first kappa shape index (κ1) is 14.6. The Morgan fingerprint density at radius 1 is 1.20 bits per heavy atom. The summed E-state index contributed by atoms with van der Waals surface area (Å²) in [4.78, 5) is 0. The number of nitrogens with one attached hydrogen (secondary N) is 1. The Bertz CT molecular complexity index is 558. The van der Waals surface area contributed by atoms with Gasteiger partial charge >= 0.3 is 0 Å². The third kappa shape index (κ3) is 3.39. The van der Waals surface area contributed by atoms with Gasteiger partial charge in [-0.3, -0.25) is 4.68 Å². The highest BCUT2D eigenvalue weighted by Crippen LogP contribution is 2.27. The normalized spacial score (nSPS) is 10.8. The minimum Gasteiger partial charge on any atom is -0.453 e. The monoisotopic (exact) mass is 273 g/mol. The summed E-state index contributed by atoms with van der Waals surface area (Å²) in [7, 11) is 1.93. The third-order valence-corrected chi connectivity index (χ3v) is 3.34. The van der Waals surface area contributed by atoms with E-state index in [2.05, 4.69) is 29.5 Å². The Hall–Kier alpha value is -1.81. The minimum atomic E-state index is 0.850. The molecule has 1 aromatic heterocycles. The van der Waals surface area contributed by atoms with Crippen LogP contribution in [0.15, 0.2) is 24.3 Å². The molecule has 20 heavy (non-hydrogen) atoms. The zero-order valence-corrected chi connectivity index (χ0v) is 12.7. The van der Waals surface area contributed by atoms with Crippen molar-refractivity contribution in [3.8, 4) is 11.5 Å². The SMILES string of the molecule is CCCNCc1ccc(Oc2c(C)nn(C)c2C)cc1. The topological polar surface area (TPSA) is 39.1 Å². The summed E-state index contributed by atoms with van der Waals surface area (Å²) in [6.07, 6.45) is 1.15. The van der Waals surface area contributed by atoms with Gasteiger partial charge in [-0.05, 0) is 44.5 Å². The molecule has 0 atom stereocenters. The lowest BCUT2D eigenvalue weighted by molar-refractivity contribution is 0.474. The van der Waals surface area contributed by atoms with Crippen molar-refractivity contribution in [2.45, 2.75) is 33.7 Å². The molecule has 0 aliphatic rings. The van der Waals surface area contributed by atoms with Gasteiger partial charge in [-0.2, -0.15) is 5.10 Å². The molecule has 2 aromatic rings. The highest BCUT2D eigenvalue weighted by Gasteiger charge is 2.11. The molecule has 2 rings (SSSR count). The second-order valence-electron chi connectivity index (χ2n) is 5.05. The lowest BCUT2D eigenvalue weighted by Crippen LogP contribution is -2.13. The molecule has 0 aliphatic carbocycles. The van der Waals surface area contributed by atoms with Gasteiger partial charge in [0.25, 0.3) is 0 Å². The Balaban J connectivity index is 2.03. The molecule has 4 heteroatoms. The van der Waals surface area contributed by atoms with Crippen LogP contribution in [-0.4, -0.2) is 16.3 Å². The first-order chi connectivity index (χ1) is 9.61. The molecule has 0 unspecified atom stereocenters. The number of nitrogens with zero attached hydrogens (tertiary/aromatic N) is 2. The lowest BCUT2D eigenvalue weighted by Gasteiger charge is -2.08. The summed E-state index contributed by atoms with van der Waals surface area (Å²) in [5.74, 6) is 1.70. The largest absolute Gasteiger partial charge is 0.453 e. The molecular formula is C16H23N3O. The quantitative estimate of drug-likeness (QED) is 0.821. The van der Waals surface area contributed by atoms with Crippen molar-refractivity contribution in [1.82, 2.24) is 15.1 Å². The van der Waals surface area contributed by atoms with Gasteiger partial charge in [0.2, 0.25) is 0 Å². The fourth-order valence-electron chi connectivity index (χ4n) is 2.10. The molecule has 0 spiro atoms. The van der Waals surface area contributed by atoms with E-state index in [0.29, 0.717) is 0 Å². The first-order valence-electron chi connectivity index (χ1n) is 7.09. The molecule has 0 saturated heterocycles. The van der Waals surface area contributed by atoms with Crippen LogP contribution in [-0.2, 0) is 13.6 Å². The van der Waals surface area contributed by atoms with E-state index in [0.717, 1.165) is 42.4 Å². The first-order valence-corrected chi connectivity index (χ1v) is 7.09. The molecule has 0 radical (unpaired) electrons. The van der Waals surface area contributed by atoms with E-state index in [-0.39, 0.29) is 0 Å². The van der Waals surface area contributed by atoms with Gasteiger partial charge in [0.15, 0.2) is 5.75 Å². The molecule has 1 aromatic carbocycles. The standard InChI is InChI=1S/C16H23N3O/c1-5-10-17-11-14-6-8-15(9-7-14)20-16-12(2)18-19(4)13(16)3/h6-9,17H,5,10-11H2,1-4H3. The van der Waals surface area contributed by atoms with Gasteiger partial charge in [-0.25, -0.2) is 0 Å². The Labute approximate surface area is 120 Å². The number of ether oxygens (including phenoxy) is 1. The van der Waals surface area contributed by atoms with E-state index in [1.54, 1.807) is 0 Å². The van der Waals surface area contributed by atoms with Crippen molar-refractivity contribution in [1.29, 1.82) is 0 Å². The summed E-state index contributed by atoms with van der Waals surface area (Å²) in [6.45, 7) is 8.09. The maximum Gasteiger partial charge on any atom is 0.171 e. The number of aryl methyl sites for hydroxylation is 2. The Morgan fingerprint density at radius 2 is 1.90 bits per heavy atom. The van der Waals surface area contributed by atoms with Crippen LogP contribution in [0, 0.1) is 13.8 Å². The van der Waals surface area contributed by atoms with Gasteiger partial charge < -0.3 is 10.1 Å². The van der Waals surface area contributed by atoms with Crippen molar-refractivity contribution in [2.24, 2.45) is 7.05 Å². The summed E-state index contributed by atoms with van der Waals surface area (Å²) in [5.41, 5.74) is 3.22. The average molecular weight is 273 g/mol. The van der Waals surface area contributed by atoms with Crippen LogP contribution >= 0.6 is 0 Å². The van der Waals surface area contributed by atoms with Gasteiger partial charge in [-0.15, -0.1) is 0 Å². The van der Waals surface area contributed by atoms with E-state index in [1.165, 1.54) is 5.56 Å². The van der Waals surface area contributed by atoms with Crippen molar-refractivity contribution < 1.29 is 4.74 Å². The molecule has 1 heterocycles. The summed E-state index contributed by atoms with van der Waals surface area (Å²) < 4.78 is 7.78. The van der Waals surface area contributed by atoms with Crippen LogP contribution in [0.4, 0.5) is 0 Å². The summed E-state index contributed by atoms with van der Waals surface area (Å²) in [6, 6.07) is 8.21. The van der Waals surface area contributed by atoms with Gasteiger partial charge in [0.1, 0.15) is 11.4 Å². The van der Waals surface area contributed by atoms with E-state index < -0.39 is 0 Å². The molecular weight excluding hydrogens is 250 g/mol. The van der Waals surface area contributed by atoms with E-state index >= 15 is 0 Å². The maximum absolute atomic E-state index is 5.94. The molecule has 0 aliphatic heterocycles. The second-order valence-corrected chi connectivity index (χ2v) is 5.05. The molecule has 0 amide bonds. The van der Waals surface area contributed by atoms with E-state index in [9.17, 15) is 0 Å².